The Morgan fingerprint density at radius 1 is 0.645 bits per heavy atom. The van der Waals surface area contributed by atoms with Crippen LogP contribution in [0, 0.1) is 0 Å². The van der Waals surface area contributed by atoms with E-state index in [0.717, 1.165) is 24.9 Å². The summed E-state index contributed by atoms with van der Waals surface area (Å²) in [5.74, 6) is 0. The molecule has 0 aliphatic carbocycles. The molecule has 0 aromatic heterocycles. The maximum absolute atomic E-state index is 7.20. The highest BCUT2D eigenvalue weighted by atomic mass is 35.6. The zero-order valence-corrected chi connectivity index (χ0v) is 24.1. The number of hydrogen-bond donors (Lipinski definition) is 0. The van der Waals surface area contributed by atoms with Crippen molar-refractivity contribution < 1.29 is 4.12 Å². The lowest BCUT2D eigenvalue weighted by atomic mass is 9.86. The van der Waals surface area contributed by atoms with Gasteiger partial charge in [0.05, 0.1) is 0 Å². The van der Waals surface area contributed by atoms with Crippen molar-refractivity contribution in [1.29, 1.82) is 0 Å². The summed E-state index contributed by atoms with van der Waals surface area (Å²) in [6.45, 7) is 17.5. The van der Waals surface area contributed by atoms with Crippen LogP contribution in [0.5, 0.6) is 0 Å². The molecule has 0 aliphatic heterocycles. The van der Waals surface area contributed by atoms with Gasteiger partial charge in [0.25, 0.3) is 15.3 Å². The molecular weight excluding hydrogens is 455 g/mol. The number of rotatable bonds is 8. The first-order valence-corrected chi connectivity index (χ1v) is 18.6. The number of halogens is 2. The van der Waals surface area contributed by atoms with Crippen LogP contribution in [0.3, 0.4) is 0 Å². The third-order valence-electron chi connectivity index (χ3n) is 5.64. The van der Waals surface area contributed by atoms with Crippen LogP contribution >= 0.6 is 22.2 Å². The van der Waals surface area contributed by atoms with Crippen molar-refractivity contribution in [3.63, 3.8) is 0 Å². The van der Waals surface area contributed by atoms with Gasteiger partial charge in [-0.05, 0) is 71.1 Å². The maximum atomic E-state index is 7.20. The second-order valence-corrected chi connectivity index (χ2v) is 22.3. The molecule has 0 amide bonds. The molecule has 2 aromatic carbocycles. The topological polar surface area (TPSA) is 9.23 Å². The van der Waals surface area contributed by atoms with E-state index in [4.69, 9.17) is 26.3 Å². The van der Waals surface area contributed by atoms with Crippen LogP contribution in [0.2, 0.25) is 25.2 Å². The molecule has 0 fully saturated rings. The van der Waals surface area contributed by atoms with Crippen LogP contribution in [-0.4, -0.2) is 15.3 Å². The molecule has 0 saturated heterocycles. The molecule has 1 nitrogen and oxygen atoms in total. The minimum absolute atomic E-state index is 0.170. The van der Waals surface area contributed by atoms with Gasteiger partial charge in [-0.3, -0.25) is 0 Å². The van der Waals surface area contributed by atoms with Crippen LogP contribution in [0.4, 0.5) is 0 Å². The molecule has 2 rings (SSSR count). The summed E-state index contributed by atoms with van der Waals surface area (Å²) < 4.78 is 6.43. The van der Waals surface area contributed by atoms with Crippen molar-refractivity contribution in [2.75, 3.05) is 0 Å². The van der Waals surface area contributed by atoms with E-state index in [1.165, 1.54) is 22.3 Å². The van der Waals surface area contributed by atoms with Crippen LogP contribution < -0.4 is 0 Å². The normalized spacial score (nSPS) is 13.5. The first kappa shape index (κ1) is 26.7. The molecule has 0 N–H and O–H groups in total. The minimum Gasteiger partial charge on any atom is -0.433 e. The molecule has 5 heteroatoms. The van der Waals surface area contributed by atoms with Crippen molar-refractivity contribution in [3.05, 3.63) is 70.8 Å². The molecular formula is C26H40Cl2OSi2. The maximum Gasteiger partial charge on any atom is 0.281 e. The van der Waals surface area contributed by atoms with Gasteiger partial charge in [0, 0.05) is 0 Å². The third-order valence-corrected chi connectivity index (χ3v) is 13.6. The second-order valence-electron chi connectivity index (χ2n) is 11.2. The highest BCUT2D eigenvalue weighted by Gasteiger charge is 2.38. The van der Waals surface area contributed by atoms with E-state index in [1.807, 2.05) is 13.1 Å². The molecule has 172 valence electrons. The fourth-order valence-corrected chi connectivity index (χ4v) is 13.5. The first-order valence-electron chi connectivity index (χ1n) is 11.3. The van der Waals surface area contributed by atoms with Crippen LogP contribution in [0.15, 0.2) is 48.5 Å². The van der Waals surface area contributed by atoms with Gasteiger partial charge in [-0.15, -0.1) is 22.2 Å². The van der Waals surface area contributed by atoms with E-state index in [1.54, 1.807) is 0 Å². The quantitative estimate of drug-likeness (QED) is 0.263. The molecule has 0 aliphatic rings. The summed E-state index contributed by atoms with van der Waals surface area (Å²) in [6.07, 6.45) is 1.87. The Hall–Kier alpha value is -0.586. The summed E-state index contributed by atoms with van der Waals surface area (Å²) in [7, 11) is -4.68. The summed E-state index contributed by atoms with van der Waals surface area (Å²) in [5.41, 5.74) is 5.69. The highest BCUT2D eigenvalue weighted by molar-refractivity contribution is 7.25. The van der Waals surface area contributed by atoms with Crippen LogP contribution in [0.25, 0.3) is 0 Å². The van der Waals surface area contributed by atoms with E-state index in [0.29, 0.717) is 0 Å². The average molecular weight is 496 g/mol. The van der Waals surface area contributed by atoms with Gasteiger partial charge >= 0.3 is 0 Å². The zero-order chi connectivity index (χ0) is 23.5. The lowest BCUT2D eigenvalue weighted by Gasteiger charge is -2.31. The van der Waals surface area contributed by atoms with Crippen molar-refractivity contribution in [2.45, 2.75) is 90.4 Å². The molecule has 0 unspecified atom stereocenters. The largest absolute Gasteiger partial charge is 0.433 e. The first-order chi connectivity index (χ1) is 14.1. The third kappa shape index (κ3) is 9.05. The second kappa shape index (κ2) is 10.1. The fourth-order valence-electron chi connectivity index (χ4n) is 3.67. The molecule has 2 aromatic rings. The van der Waals surface area contributed by atoms with E-state index in [9.17, 15) is 0 Å². The predicted molar refractivity (Wildman–Crippen MR) is 143 cm³/mol. The number of benzene rings is 2. The Kier molecular flexibility index (Phi) is 8.71. The number of aryl methyl sites for hydroxylation is 2. The molecule has 0 bridgehead atoms. The molecule has 0 heterocycles. The molecule has 0 saturated carbocycles. The van der Waals surface area contributed by atoms with E-state index >= 15 is 0 Å². The van der Waals surface area contributed by atoms with Crippen LogP contribution in [-0.2, 0) is 27.8 Å². The molecule has 31 heavy (non-hydrogen) atoms. The lowest BCUT2D eigenvalue weighted by Crippen LogP contribution is -2.42. The van der Waals surface area contributed by atoms with Crippen molar-refractivity contribution in [3.8, 4) is 0 Å². The Bertz CT molecular complexity index is 765. The monoisotopic (exact) mass is 494 g/mol. The average Bonchev–Trinajstić information content (AvgIpc) is 2.63. The standard InChI is InChI=1S/C26H40Cl2OSi2/c1-25(2,3)23-13-9-21(10-14-23)17-19-31(28,29-30(7,8)27)20-18-22-11-15-24(16-12-22)26(4,5)6/h9-16H,17-20H2,1-8H3. The molecule has 0 atom stereocenters. The minimum atomic E-state index is -2.45. The highest BCUT2D eigenvalue weighted by Crippen LogP contribution is 2.32. The van der Waals surface area contributed by atoms with Gasteiger partial charge in [0.2, 0.25) is 0 Å². The lowest BCUT2D eigenvalue weighted by molar-refractivity contribution is 0.564. The van der Waals surface area contributed by atoms with Crippen molar-refractivity contribution >= 4 is 37.4 Å². The summed E-state index contributed by atoms with van der Waals surface area (Å²) in [6, 6.07) is 19.7. The van der Waals surface area contributed by atoms with Crippen molar-refractivity contribution in [2.24, 2.45) is 0 Å². The SMILES string of the molecule is CC(C)(C)c1ccc(CC[Si](Cl)(CCc2ccc(C(C)(C)C)cc2)O[Si](C)(C)Cl)cc1. The predicted octanol–water partition coefficient (Wildman–Crippen LogP) is 8.71. The summed E-state index contributed by atoms with van der Waals surface area (Å²) in [4.78, 5) is 0. The van der Waals surface area contributed by atoms with Gasteiger partial charge in [0.15, 0.2) is 0 Å². The van der Waals surface area contributed by atoms with Gasteiger partial charge in [-0.1, -0.05) is 90.1 Å². The van der Waals surface area contributed by atoms with Gasteiger partial charge in [0.1, 0.15) is 0 Å². The zero-order valence-electron chi connectivity index (χ0n) is 20.6. The van der Waals surface area contributed by atoms with Crippen molar-refractivity contribution in [1.82, 2.24) is 0 Å². The molecule has 0 spiro atoms. The Balaban J connectivity index is 2.07. The van der Waals surface area contributed by atoms with E-state index in [2.05, 4.69) is 90.1 Å². The Morgan fingerprint density at radius 3 is 1.23 bits per heavy atom. The number of hydrogen-bond acceptors (Lipinski definition) is 1. The van der Waals surface area contributed by atoms with E-state index in [-0.39, 0.29) is 10.8 Å². The van der Waals surface area contributed by atoms with Crippen LogP contribution in [0.1, 0.15) is 63.8 Å². The Morgan fingerprint density at radius 2 is 0.968 bits per heavy atom. The molecule has 0 radical (unpaired) electrons. The van der Waals surface area contributed by atoms with Gasteiger partial charge in [-0.2, -0.15) is 0 Å². The van der Waals surface area contributed by atoms with Gasteiger partial charge < -0.3 is 4.12 Å². The Labute approximate surface area is 202 Å². The summed E-state index contributed by atoms with van der Waals surface area (Å²) in [5, 5.41) is 0. The van der Waals surface area contributed by atoms with Gasteiger partial charge in [-0.25, -0.2) is 0 Å². The summed E-state index contributed by atoms with van der Waals surface area (Å²) >= 11 is 13.8. The fraction of sp³-hybridized carbons (Fsp3) is 0.538. The van der Waals surface area contributed by atoms with E-state index < -0.39 is 15.3 Å². The smallest absolute Gasteiger partial charge is 0.281 e.